The highest BCUT2D eigenvalue weighted by molar-refractivity contribution is 6.00. The summed E-state index contributed by atoms with van der Waals surface area (Å²) >= 11 is 0. The Morgan fingerprint density at radius 3 is 2.58 bits per heavy atom. The Morgan fingerprint density at radius 1 is 1.33 bits per heavy atom. The zero-order valence-corrected chi connectivity index (χ0v) is 13.6. The number of nitrogens with zero attached hydrogens (tertiary/aromatic N) is 1. The van der Waals surface area contributed by atoms with Crippen molar-refractivity contribution in [3.05, 3.63) is 53.3 Å². The van der Waals surface area contributed by atoms with E-state index in [4.69, 9.17) is 10.5 Å². The van der Waals surface area contributed by atoms with Crippen LogP contribution in [-0.4, -0.2) is 29.7 Å². The molecule has 0 radical (unpaired) electrons. The lowest BCUT2D eigenvalue weighted by molar-refractivity contribution is 0.0998. The highest BCUT2D eigenvalue weighted by Crippen LogP contribution is 2.49. The molecule has 1 aliphatic rings. The number of pyridine rings is 1. The van der Waals surface area contributed by atoms with E-state index in [1.165, 1.54) is 0 Å². The molecule has 126 valence electrons. The fourth-order valence-corrected chi connectivity index (χ4v) is 2.87. The van der Waals surface area contributed by atoms with Gasteiger partial charge in [0.15, 0.2) is 0 Å². The minimum atomic E-state index is -0.510. The second-order valence-electron chi connectivity index (χ2n) is 6.11. The van der Waals surface area contributed by atoms with Crippen molar-refractivity contribution in [3.8, 4) is 5.75 Å². The standard InChI is InChI=1S/C18H21N3O3/c1-24-13-4-2-12(3-5-13)8-21-15-10-20-9-14(16(15)17(19)23)18(11-22)6-7-18/h2-5,9-10,21-22H,6-8,11H2,1H3,(H2,19,23). The monoisotopic (exact) mass is 327 g/mol. The molecule has 1 aromatic heterocycles. The number of hydrogen-bond acceptors (Lipinski definition) is 5. The number of aliphatic hydroxyl groups excluding tert-OH is 1. The van der Waals surface area contributed by atoms with Gasteiger partial charge >= 0.3 is 0 Å². The van der Waals surface area contributed by atoms with E-state index in [0.29, 0.717) is 17.8 Å². The first-order valence-electron chi connectivity index (χ1n) is 7.85. The van der Waals surface area contributed by atoms with Crippen LogP contribution >= 0.6 is 0 Å². The molecule has 3 rings (SSSR count). The fourth-order valence-electron chi connectivity index (χ4n) is 2.87. The van der Waals surface area contributed by atoms with Crippen molar-refractivity contribution in [2.75, 3.05) is 19.0 Å². The van der Waals surface area contributed by atoms with E-state index in [2.05, 4.69) is 10.3 Å². The number of benzene rings is 1. The van der Waals surface area contributed by atoms with Gasteiger partial charge in [-0.2, -0.15) is 0 Å². The normalized spacial score (nSPS) is 14.9. The Kier molecular flexibility index (Phi) is 4.40. The summed E-state index contributed by atoms with van der Waals surface area (Å²) in [6, 6.07) is 7.66. The first-order valence-corrected chi connectivity index (χ1v) is 7.85. The van der Waals surface area contributed by atoms with E-state index in [1.807, 2.05) is 24.3 Å². The predicted octanol–water partition coefficient (Wildman–Crippen LogP) is 1.83. The maximum absolute atomic E-state index is 12.0. The summed E-state index contributed by atoms with van der Waals surface area (Å²) in [6.07, 6.45) is 4.92. The van der Waals surface area contributed by atoms with Gasteiger partial charge in [0.05, 0.1) is 31.2 Å². The molecular formula is C18H21N3O3. The smallest absolute Gasteiger partial charge is 0.251 e. The fraction of sp³-hybridized carbons (Fsp3) is 0.333. The summed E-state index contributed by atoms with van der Waals surface area (Å²) in [4.78, 5) is 16.2. The van der Waals surface area contributed by atoms with Crippen molar-refractivity contribution < 1.29 is 14.6 Å². The van der Waals surface area contributed by atoms with Crippen LogP contribution in [0.25, 0.3) is 0 Å². The Labute approximate surface area is 140 Å². The molecule has 1 saturated carbocycles. The number of amides is 1. The molecule has 1 aliphatic carbocycles. The molecule has 0 atom stereocenters. The van der Waals surface area contributed by atoms with Crippen LogP contribution in [0, 0.1) is 0 Å². The van der Waals surface area contributed by atoms with Crippen molar-refractivity contribution in [1.29, 1.82) is 0 Å². The molecule has 1 fully saturated rings. The Balaban J connectivity index is 1.84. The van der Waals surface area contributed by atoms with Gasteiger partial charge in [0.25, 0.3) is 5.91 Å². The number of anilines is 1. The number of aromatic nitrogens is 1. The van der Waals surface area contributed by atoms with Crippen LogP contribution < -0.4 is 15.8 Å². The van der Waals surface area contributed by atoms with Crippen LogP contribution in [0.3, 0.4) is 0 Å². The number of carbonyl (C=O) groups is 1. The number of nitrogens with one attached hydrogen (secondary N) is 1. The van der Waals surface area contributed by atoms with E-state index < -0.39 is 5.91 Å². The van der Waals surface area contributed by atoms with E-state index in [9.17, 15) is 9.90 Å². The zero-order chi connectivity index (χ0) is 17.2. The molecule has 1 aromatic carbocycles. The molecule has 1 amide bonds. The molecule has 24 heavy (non-hydrogen) atoms. The Bertz CT molecular complexity index is 740. The lowest BCUT2D eigenvalue weighted by Gasteiger charge is -2.18. The maximum atomic E-state index is 12.0. The lowest BCUT2D eigenvalue weighted by Crippen LogP contribution is -2.23. The van der Waals surface area contributed by atoms with Crippen LogP contribution in [-0.2, 0) is 12.0 Å². The van der Waals surface area contributed by atoms with Gasteiger partial charge < -0.3 is 20.9 Å². The third kappa shape index (κ3) is 3.05. The molecule has 0 saturated heterocycles. The van der Waals surface area contributed by atoms with Crippen LogP contribution in [0.4, 0.5) is 5.69 Å². The van der Waals surface area contributed by atoms with Gasteiger partial charge in [0, 0.05) is 18.2 Å². The predicted molar refractivity (Wildman–Crippen MR) is 91.1 cm³/mol. The van der Waals surface area contributed by atoms with Crippen molar-refractivity contribution in [1.82, 2.24) is 4.98 Å². The quantitative estimate of drug-likeness (QED) is 0.721. The molecule has 0 aliphatic heterocycles. The minimum absolute atomic E-state index is 0.00308. The molecular weight excluding hydrogens is 306 g/mol. The van der Waals surface area contributed by atoms with Crippen molar-refractivity contribution >= 4 is 11.6 Å². The number of aliphatic hydroxyl groups is 1. The molecule has 6 nitrogen and oxygen atoms in total. The van der Waals surface area contributed by atoms with E-state index >= 15 is 0 Å². The summed E-state index contributed by atoms with van der Waals surface area (Å²) in [5, 5.41) is 12.9. The average molecular weight is 327 g/mol. The first kappa shape index (κ1) is 16.3. The summed E-state index contributed by atoms with van der Waals surface area (Å²) < 4.78 is 5.14. The largest absolute Gasteiger partial charge is 0.497 e. The Hall–Kier alpha value is -2.60. The van der Waals surface area contributed by atoms with Crippen LogP contribution in [0.1, 0.15) is 34.3 Å². The zero-order valence-electron chi connectivity index (χ0n) is 13.6. The highest BCUT2D eigenvalue weighted by atomic mass is 16.5. The number of ether oxygens (including phenoxy) is 1. The van der Waals surface area contributed by atoms with Crippen molar-refractivity contribution in [2.24, 2.45) is 5.73 Å². The maximum Gasteiger partial charge on any atom is 0.251 e. The molecule has 0 bridgehead atoms. The van der Waals surface area contributed by atoms with Crippen molar-refractivity contribution in [2.45, 2.75) is 24.8 Å². The minimum Gasteiger partial charge on any atom is -0.497 e. The van der Waals surface area contributed by atoms with Gasteiger partial charge in [-0.05, 0) is 36.1 Å². The third-order valence-corrected chi connectivity index (χ3v) is 4.56. The summed E-state index contributed by atoms with van der Waals surface area (Å²) in [7, 11) is 1.62. The molecule has 4 N–H and O–H groups in total. The number of nitrogens with two attached hydrogens (primary N) is 1. The van der Waals surface area contributed by atoms with Crippen molar-refractivity contribution in [3.63, 3.8) is 0 Å². The molecule has 0 spiro atoms. The topological polar surface area (TPSA) is 97.5 Å². The second kappa shape index (κ2) is 6.49. The van der Waals surface area contributed by atoms with Gasteiger partial charge in [-0.15, -0.1) is 0 Å². The highest BCUT2D eigenvalue weighted by Gasteiger charge is 2.46. The van der Waals surface area contributed by atoms with Crippen LogP contribution in [0.15, 0.2) is 36.7 Å². The number of hydrogen-bond donors (Lipinski definition) is 3. The van der Waals surface area contributed by atoms with Crippen LogP contribution in [0.2, 0.25) is 0 Å². The second-order valence-corrected chi connectivity index (χ2v) is 6.11. The Morgan fingerprint density at radius 2 is 2.04 bits per heavy atom. The van der Waals surface area contributed by atoms with Gasteiger partial charge in [0.1, 0.15) is 5.75 Å². The SMILES string of the molecule is COc1ccc(CNc2cncc(C3(CO)CC3)c2C(N)=O)cc1. The summed E-state index contributed by atoms with van der Waals surface area (Å²) in [6.45, 7) is 0.526. The third-order valence-electron chi connectivity index (χ3n) is 4.56. The number of rotatable bonds is 7. The molecule has 6 heteroatoms. The average Bonchev–Trinajstić information content (AvgIpc) is 3.41. The molecule has 2 aromatic rings. The molecule has 0 unspecified atom stereocenters. The number of carbonyl (C=O) groups excluding carboxylic acids is 1. The van der Waals surface area contributed by atoms with E-state index in [0.717, 1.165) is 29.7 Å². The van der Waals surface area contributed by atoms with Crippen LogP contribution in [0.5, 0.6) is 5.75 Å². The lowest BCUT2D eigenvalue weighted by atomic mass is 9.92. The van der Waals surface area contributed by atoms with E-state index in [1.54, 1.807) is 19.5 Å². The van der Waals surface area contributed by atoms with E-state index in [-0.39, 0.29) is 12.0 Å². The van der Waals surface area contributed by atoms with Gasteiger partial charge in [-0.1, -0.05) is 12.1 Å². The first-order chi connectivity index (χ1) is 11.6. The number of primary amides is 1. The van der Waals surface area contributed by atoms with Gasteiger partial charge in [0.2, 0.25) is 0 Å². The van der Waals surface area contributed by atoms with Gasteiger partial charge in [-0.25, -0.2) is 0 Å². The summed E-state index contributed by atoms with van der Waals surface area (Å²) in [5.74, 6) is 0.281. The van der Waals surface area contributed by atoms with Gasteiger partial charge in [-0.3, -0.25) is 9.78 Å². The number of methoxy groups -OCH3 is 1. The molecule has 1 heterocycles. The summed E-state index contributed by atoms with van der Waals surface area (Å²) in [5.41, 5.74) is 8.02.